The summed E-state index contributed by atoms with van der Waals surface area (Å²) in [7, 11) is 0. The van der Waals surface area contributed by atoms with Crippen molar-refractivity contribution in [3.8, 4) is 0 Å². The van der Waals surface area contributed by atoms with Crippen LogP contribution in [0.2, 0.25) is 5.02 Å². The molecule has 21 heavy (non-hydrogen) atoms. The Kier molecular flexibility index (Phi) is 5.71. The molecular weight excluding hydrogens is 300 g/mol. The van der Waals surface area contributed by atoms with E-state index >= 15 is 0 Å². The van der Waals surface area contributed by atoms with Gasteiger partial charge in [0.25, 0.3) is 0 Å². The molecule has 0 fully saturated rings. The van der Waals surface area contributed by atoms with Crippen LogP contribution in [-0.4, -0.2) is 5.17 Å². The summed E-state index contributed by atoms with van der Waals surface area (Å²) in [6.45, 7) is 4.39. The molecule has 4 heteroatoms. The lowest BCUT2D eigenvalue weighted by Crippen LogP contribution is -2.06. The molecule has 0 radical (unpaired) electrons. The molecule has 2 aromatic rings. The molecule has 0 aliphatic carbocycles. The van der Waals surface area contributed by atoms with Gasteiger partial charge in [0.2, 0.25) is 0 Å². The molecule has 0 saturated heterocycles. The molecule has 0 bridgehead atoms. The van der Waals surface area contributed by atoms with Crippen molar-refractivity contribution in [3.05, 3.63) is 64.7 Å². The fourth-order valence-electron chi connectivity index (χ4n) is 1.83. The van der Waals surface area contributed by atoms with Crippen LogP contribution < -0.4 is 5.73 Å². The van der Waals surface area contributed by atoms with Gasteiger partial charge in [-0.1, -0.05) is 61.5 Å². The third-order valence-corrected chi connectivity index (χ3v) is 4.22. The third-order valence-electron chi connectivity index (χ3n) is 3.10. The van der Waals surface area contributed by atoms with Gasteiger partial charge >= 0.3 is 0 Å². The summed E-state index contributed by atoms with van der Waals surface area (Å²) in [5.74, 6) is 1.38. The van der Waals surface area contributed by atoms with Gasteiger partial charge in [0.1, 0.15) is 0 Å². The van der Waals surface area contributed by atoms with Crippen molar-refractivity contribution in [3.63, 3.8) is 0 Å². The van der Waals surface area contributed by atoms with Crippen molar-refractivity contribution < 1.29 is 0 Å². The molecule has 2 N–H and O–H groups in total. The highest BCUT2D eigenvalue weighted by molar-refractivity contribution is 8.13. The van der Waals surface area contributed by atoms with Crippen LogP contribution >= 0.6 is 23.4 Å². The van der Waals surface area contributed by atoms with E-state index in [1.165, 1.54) is 22.9 Å². The van der Waals surface area contributed by atoms with E-state index in [4.69, 9.17) is 17.3 Å². The predicted octanol–water partition coefficient (Wildman–Crippen LogP) is 5.34. The predicted molar refractivity (Wildman–Crippen MR) is 94.6 cm³/mol. The van der Waals surface area contributed by atoms with Crippen molar-refractivity contribution in [1.82, 2.24) is 0 Å². The van der Waals surface area contributed by atoms with Crippen molar-refractivity contribution in [2.45, 2.75) is 25.5 Å². The number of nitrogens with two attached hydrogens (primary N) is 1. The summed E-state index contributed by atoms with van der Waals surface area (Å²) >= 11 is 7.38. The number of benzene rings is 2. The Morgan fingerprint density at radius 2 is 1.71 bits per heavy atom. The number of halogens is 1. The molecule has 0 unspecified atom stereocenters. The molecule has 2 aromatic carbocycles. The zero-order valence-electron chi connectivity index (χ0n) is 12.2. The first kappa shape index (κ1) is 15.9. The van der Waals surface area contributed by atoms with Crippen LogP contribution in [0.1, 0.15) is 30.9 Å². The first-order chi connectivity index (χ1) is 10.0. The van der Waals surface area contributed by atoms with E-state index in [2.05, 4.69) is 43.1 Å². The van der Waals surface area contributed by atoms with Crippen LogP contribution in [0.3, 0.4) is 0 Å². The number of thioether (sulfide) groups is 1. The average Bonchev–Trinajstić information content (AvgIpc) is 2.48. The molecule has 2 nitrogen and oxygen atoms in total. The molecule has 0 saturated carbocycles. The maximum absolute atomic E-state index is 5.95. The van der Waals surface area contributed by atoms with Crippen LogP contribution in [0.25, 0.3) is 0 Å². The van der Waals surface area contributed by atoms with E-state index in [9.17, 15) is 0 Å². The summed E-state index contributed by atoms with van der Waals surface area (Å²) in [5.41, 5.74) is 9.37. The van der Waals surface area contributed by atoms with Crippen LogP contribution in [0.15, 0.2) is 53.5 Å². The summed E-state index contributed by atoms with van der Waals surface area (Å²) < 4.78 is 0. The minimum absolute atomic E-state index is 0.559. The van der Waals surface area contributed by atoms with E-state index in [1.54, 1.807) is 0 Å². The van der Waals surface area contributed by atoms with Crippen molar-refractivity contribution in [2.75, 3.05) is 0 Å². The largest absolute Gasteiger partial charge is 0.378 e. The smallest absolute Gasteiger partial charge is 0.159 e. The van der Waals surface area contributed by atoms with Gasteiger partial charge in [-0.25, -0.2) is 4.99 Å². The zero-order chi connectivity index (χ0) is 15.2. The fourth-order valence-corrected chi connectivity index (χ4v) is 2.63. The number of hydrogen-bond donors (Lipinski definition) is 1. The second-order valence-electron chi connectivity index (χ2n) is 5.11. The maximum atomic E-state index is 5.95. The minimum atomic E-state index is 0.559. The Morgan fingerprint density at radius 3 is 2.29 bits per heavy atom. The van der Waals surface area contributed by atoms with E-state index in [0.717, 1.165) is 11.4 Å². The molecule has 0 aromatic heterocycles. The second kappa shape index (κ2) is 7.53. The normalized spacial score (nSPS) is 11.9. The Balaban J connectivity index is 1.94. The first-order valence-electron chi connectivity index (χ1n) is 6.86. The highest BCUT2D eigenvalue weighted by atomic mass is 35.5. The van der Waals surface area contributed by atoms with E-state index in [-0.39, 0.29) is 0 Å². The summed E-state index contributed by atoms with van der Waals surface area (Å²) in [5, 5.41) is 1.26. The number of rotatable bonds is 4. The quantitative estimate of drug-likeness (QED) is 0.610. The van der Waals surface area contributed by atoms with Crippen molar-refractivity contribution in [1.29, 1.82) is 0 Å². The van der Waals surface area contributed by atoms with Gasteiger partial charge in [-0.05, 0) is 41.3 Å². The molecule has 2 rings (SSSR count). The molecule has 0 atom stereocenters. The molecular formula is C17H19ClN2S. The van der Waals surface area contributed by atoms with Gasteiger partial charge in [0, 0.05) is 10.8 Å². The van der Waals surface area contributed by atoms with Crippen molar-refractivity contribution >= 4 is 34.2 Å². The van der Waals surface area contributed by atoms with Gasteiger partial charge in [-0.15, -0.1) is 0 Å². The molecule has 0 spiro atoms. The highest BCUT2D eigenvalue weighted by Crippen LogP contribution is 2.20. The monoisotopic (exact) mass is 318 g/mol. The fraction of sp³-hybridized carbons (Fsp3) is 0.235. The van der Waals surface area contributed by atoms with E-state index < -0.39 is 0 Å². The molecule has 0 aliphatic heterocycles. The Bertz CT molecular complexity index is 604. The number of amidine groups is 1. The summed E-state index contributed by atoms with van der Waals surface area (Å²) in [6, 6.07) is 16.0. The Hall–Kier alpha value is -1.45. The first-order valence-corrected chi connectivity index (χ1v) is 8.22. The topological polar surface area (TPSA) is 38.4 Å². The number of nitrogens with zero attached hydrogens (tertiary/aromatic N) is 1. The van der Waals surface area contributed by atoms with Gasteiger partial charge in [-0.2, -0.15) is 0 Å². The lowest BCUT2D eigenvalue weighted by molar-refractivity contribution is 0.866. The third kappa shape index (κ3) is 5.10. The number of hydrogen-bond acceptors (Lipinski definition) is 2. The Labute approximate surface area is 135 Å². The van der Waals surface area contributed by atoms with Gasteiger partial charge < -0.3 is 5.73 Å². The van der Waals surface area contributed by atoms with Crippen LogP contribution in [0.4, 0.5) is 5.69 Å². The minimum Gasteiger partial charge on any atom is -0.378 e. The highest BCUT2D eigenvalue weighted by Gasteiger charge is 2.01. The van der Waals surface area contributed by atoms with Gasteiger partial charge in [0.05, 0.1) is 5.69 Å². The average molecular weight is 319 g/mol. The lowest BCUT2D eigenvalue weighted by atomic mass is 10.0. The summed E-state index contributed by atoms with van der Waals surface area (Å²) in [6.07, 6.45) is 0. The molecule has 110 valence electrons. The van der Waals surface area contributed by atoms with Crippen LogP contribution in [-0.2, 0) is 5.75 Å². The lowest BCUT2D eigenvalue weighted by Gasteiger charge is -2.06. The standard InChI is InChI=1S/C17H19ClN2S/c1-12(2)14-5-3-13(4-6-14)11-21-17(19)20-16-9-7-15(18)8-10-16/h3-10,12H,11H2,1-2H3,(H2,19,20). The zero-order valence-corrected chi connectivity index (χ0v) is 13.8. The summed E-state index contributed by atoms with van der Waals surface area (Å²) in [4.78, 5) is 4.36. The molecule has 0 amide bonds. The van der Waals surface area contributed by atoms with Crippen LogP contribution in [0.5, 0.6) is 0 Å². The van der Waals surface area contributed by atoms with E-state index in [1.807, 2.05) is 24.3 Å². The Morgan fingerprint density at radius 1 is 1.10 bits per heavy atom. The van der Waals surface area contributed by atoms with Crippen LogP contribution in [0, 0.1) is 0 Å². The molecule has 0 aliphatic rings. The van der Waals surface area contributed by atoms with Gasteiger partial charge in [0.15, 0.2) is 5.17 Å². The second-order valence-corrected chi connectivity index (χ2v) is 6.54. The van der Waals surface area contributed by atoms with Crippen molar-refractivity contribution in [2.24, 2.45) is 10.7 Å². The SMILES string of the molecule is CC(C)c1ccc(CSC(N)=Nc2ccc(Cl)cc2)cc1. The maximum Gasteiger partial charge on any atom is 0.159 e. The number of aliphatic imine (C=N–C) groups is 1. The van der Waals surface area contributed by atoms with Gasteiger partial charge in [-0.3, -0.25) is 0 Å². The van der Waals surface area contributed by atoms with E-state index in [0.29, 0.717) is 16.1 Å². The molecule has 0 heterocycles.